The van der Waals surface area contributed by atoms with Gasteiger partial charge in [0.2, 0.25) is 0 Å². The van der Waals surface area contributed by atoms with Gasteiger partial charge in [-0.05, 0) is 12.1 Å². The van der Waals surface area contributed by atoms with Gasteiger partial charge < -0.3 is 5.11 Å². The monoisotopic (exact) mass is 210 g/mol. The third-order valence-corrected chi connectivity index (χ3v) is 1.85. The average Bonchev–Trinajstić information content (AvgIpc) is 2.12. The average molecular weight is 211 g/mol. The van der Waals surface area contributed by atoms with Crippen molar-refractivity contribution in [3.05, 3.63) is 35.1 Å². The van der Waals surface area contributed by atoms with Crippen LogP contribution in [0.25, 0.3) is 0 Å². The SMILES string of the molecule is OC(CCl)c1c(F)ccc(F)c1F. The maximum atomic E-state index is 12.9. The lowest BCUT2D eigenvalue weighted by molar-refractivity contribution is 0.190. The van der Waals surface area contributed by atoms with Gasteiger partial charge in [0.25, 0.3) is 0 Å². The van der Waals surface area contributed by atoms with E-state index in [1.54, 1.807) is 0 Å². The molecule has 1 rings (SSSR count). The van der Waals surface area contributed by atoms with Crippen molar-refractivity contribution in [3.63, 3.8) is 0 Å². The highest BCUT2D eigenvalue weighted by Crippen LogP contribution is 2.23. The number of alkyl halides is 1. The summed E-state index contributed by atoms with van der Waals surface area (Å²) in [7, 11) is 0. The van der Waals surface area contributed by atoms with E-state index in [9.17, 15) is 13.2 Å². The largest absolute Gasteiger partial charge is 0.387 e. The van der Waals surface area contributed by atoms with Gasteiger partial charge in [-0.25, -0.2) is 13.2 Å². The minimum Gasteiger partial charge on any atom is -0.387 e. The molecule has 0 aliphatic carbocycles. The van der Waals surface area contributed by atoms with Crippen LogP contribution >= 0.6 is 11.6 Å². The molecule has 0 aliphatic rings. The van der Waals surface area contributed by atoms with Crippen LogP contribution in [0, 0.1) is 17.5 Å². The molecule has 0 amide bonds. The van der Waals surface area contributed by atoms with Gasteiger partial charge in [-0.1, -0.05) is 0 Å². The topological polar surface area (TPSA) is 20.2 Å². The van der Waals surface area contributed by atoms with Crippen molar-refractivity contribution in [2.75, 3.05) is 5.88 Å². The van der Waals surface area contributed by atoms with Crippen molar-refractivity contribution in [1.29, 1.82) is 0 Å². The molecular weight excluding hydrogens is 205 g/mol. The van der Waals surface area contributed by atoms with Gasteiger partial charge >= 0.3 is 0 Å². The zero-order valence-corrected chi connectivity index (χ0v) is 7.15. The molecule has 0 aliphatic heterocycles. The molecule has 72 valence electrons. The molecular formula is C8H6ClF3O. The molecule has 1 aromatic rings. The van der Waals surface area contributed by atoms with E-state index in [1.165, 1.54) is 0 Å². The lowest BCUT2D eigenvalue weighted by atomic mass is 10.1. The quantitative estimate of drug-likeness (QED) is 0.587. The Morgan fingerprint density at radius 2 is 1.77 bits per heavy atom. The van der Waals surface area contributed by atoms with Gasteiger partial charge in [0.1, 0.15) is 5.82 Å². The number of hydrogen-bond acceptors (Lipinski definition) is 1. The van der Waals surface area contributed by atoms with Crippen molar-refractivity contribution in [2.24, 2.45) is 0 Å². The first-order valence-corrected chi connectivity index (χ1v) is 3.98. The zero-order valence-electron chi connectivity index (χ0n) is 6.40. The highest BCUT2D eigenvalue weighted by atomic mass is 35.5. The van der Waals surface area contributed by atoms with Gasteiger partial charge in [-0.2, -0.15) is 0 Å². The summed E-state index contributed by atoms with van der Waals surface area (Å²) in [6.45, 7) is 0. The fourth-order valence-corrected chi connectivity index (χ4v) is 1.08. The Balaban J connectivity index is 3.25. The van der Waals surface area contributed by atoms with E-state index in [0.717, 1.165) is 6.07 Å². The Bertz CT molecular complexity index is 317. The predicted octanol–water partition coefficient (Wildman–Crippen LogP) is 2.38. The third-order valence-electron chi connectivity index (χ3n) is 1.56. The van der Waals surface area contributed by atoms with E-state index >= 15 is 0 Å². The Morgan fingerprint density at radius 3 is 2.31 bits per heavy atom. The van der Waals surface area contributed by atoms with E-state index in [4.69, 9.17) is 16.7 Å². The van der Waals surface area contributed by atoms with Crippen LogP contribution in [-0.4, -0.2) is 11.0 Å². The van der Waals surface area contributed by atoms with Crippen LogP contribution in [0.3, 0.4) is 0 Å². The molecule has 1 atom stereocenters. The maximum Gasteiger partial charge on any atom is 0.167 e. The summed E-state index contributed by atoms with van der Waals surface area (Å²) in [6.07, 6.45) is -1.53. The molecule has 0 saturated heterocycles. The van der Waals surface area contributed by atoms with Crippen LogP contribution in [0.4, 0.5) is 13.2 Å². The van der Waals surface area contributed by atoms with Gasteiger partial charge in [0.05, 0.1) is 17.5 Å². The van der Waals surface area contributed by atoms with Crippen LogP contribution in [-0.2, 0) is 0 Å². The molecule has 0 aromatic heterocycles. The fourth-order valence-electron chi connectivity index (χ4n) is 0.925. The molecule has 1 nitrogen and oxygen atoms in total. The maximum absolute atomic E-state index is 12.9. The Labute approximate surface area is 77.8 Å². The molecule has 5 heteroatoms. The number of aliphatic hydroxyl groups excluding tert-OH is 1. The van der Waals surface area contributed by atoms with Crippen LogP contribution in [0.5, 0.6) is 0 Å². The van der Waals surface area contributed by atoms with Crippen molar-refractivity contribution in [1.82, 2.24) is 0 Å². The molecule has 1 aromatic carbocycles. The molecule has 0 saturated carbocycles. The van der Waals surface area contributed by atoms with E-state index < -0.39 is 35.0 Å². The van der Waals surface area contributed by atoms with E-state index in [1.807, 2.05) is 0 Å². The minimum absolute atomic E-state index is 0.392. The van der Waals surface area contributed by atoms with Crippen LogP contribution in [0.1, 0.15) is 11.7 Å². The van der Waals surface area contributed by atoms with Crippen molar-refractivity contribution < 1.29 is 18.3 Å². The molecule has 0 bridgehead atoms. The second kappa shape index (κ2) is 3.98. The van der Waals surface area contributed by atoms with Gasteiger partial charge in [0, 0.05) is 0 Å². The lowest BCUT2D eigenvalue weighted by Gasteiger charge is -2.09. The first-order valence-electron chi connectivity index (χ1n) is 3.45. The second-order valence-electron chi connectivity index (χ2n) is 2.43. The lowest BCUT2D eigenvalue weighted by Crippen LogP contribution is -2.07. The predicted molar refractivity (Wildman–Crippen MR) is 42.0 cm³/mol. The summed E-state index contributed by atoms with van der Waals surface area (Å²) < 4.78 is 38.3. The van der Waals surface area contributed by atoms with E-state index in [2.05, 4.69) is 0 Å². The number of benzene rings is 1. The van der Waals surface area contributed by atoms with Gasteiger partial charge in [-0.15, -0.1) is 11.6 Å². The Kier molecular flexibility index (Phi) is 3.17. The van der Waals surface area contributed by atoms with E-state index in [-0.39, 0.29) is 0 Å². The third kappa shape index (κ3) is 1.95. The van der Waals surface area contributed by atoms with Crippen molar-refractivity contribution in [2.45, 2.75) is 6.10 Å². The number of aliphatic hydroxyl groups is 1. The summed E-state index contributed by atoms with van der Waals surface area (Å²) in [5, 5.41) is 9.04. The fraction of sp³-hybridized carbons (Fsp3) is 0.250. The molecule has 0 fully saturated rings. The summed E-state index contributed by atoms with van der Waals surface area (Å²) in [6, 6.07) is 1.39. The Hall–Kier alpha value is -0.740. The first-order chi connectivity index (χ1) is 6.07. The summed E-state index contributed by atoms with van der Waals surface area (Å²) in [5.41, 5.74) is -0.727. The molecule has 13 heavy (non-hydrogen) atoms. The summed E-state index contributed by atoms with van der Waals surface area (Å²) >= 11 is 5.18. The standard InChI is InChI=1S/C8H6ClF3O/c9-3-6(13)7-4(10)1-2-5(11)8(7)12/h1-2,6,13H,3H2. The van der Waals surface area contributed by atoms with Crippen LogP contribution in [0.2, 0.25) is 0 Å². The first kappa shape index (κ1) is 10.3. The number of hydrogen-bond donors (Lipinski definition) is 1. The molecule has 1 N–H and O–H groups in total. The van der Waals surface area contributed by atoms with Crippen LogP contribution in [0.15, 0.2) is 12.1 Å². The van der Waals surface area contributed by atoms with Gasteiger partial charge in [0.15, 0.2) is 11.6 Å². The second-order valence-corrected chi connectivity index (χ2v) is 2.74. The number of halogens is 4. The Morgan fingerprint density at radius 1 is 1.23 bits per heavy atom. The molecule has 1 unspecified atom stereocenters. The van der Waals surface area contributed by atoms with Crippen LogP contribution < -0.4 is 0 Å². The normalized spacial score (nSPS) is 13.0. The zero-order chi connectivity index (χ0) is 10.0. The summed E-state index contributed by atoms with van der Waals surface area (Å²) in [4.78, 5) is 0. The summed E-state index contributed by atoms with van der Waals surface area (Å²) in [5.74, 6) is -4.00. The van der Waals surface area contributed by atoms with Crippen molar-refractivity contribution in [3.8, 4) is 0 Å². The minimum atomic E-state index is -1.53. The van der Waals surface area contributed by atoms with Crippen molar-refractivity contribution >= 4 is 11.6 Å². The van der Waals surface area contributed by atoms with E-state index in [0.29, 0.717) is 6.07 Å². The smallest absolute Gasteiger partial charge is 0.167 e. The highest BCUT2D eigenvalue weighted by Gasteiger charge is 2.19. The number of rotatable bonds is 2. The molecule has 0 spiro atoms. The molecule has 0 radical (unpaired) electrons. The van der Waals surface area contributed by atoms with Gasteiger partial charge in [-0.3, -0.25) is 0 Å². The highest BCUT2D eigenvalue weighted by molar-refractivity contribution is 6.18. The molecule has 0 heterocycles.